The Labute approximate surface area is 146 Å². The SMILES string of the molecule is O=S(O)NCCC1CCCCC1COc1ccc2ccccc2c1. The number of hydrogen-bond acceptors (Lipinski definition) is 2. The minimum Gasteiger partial charge on any atom is -0.493 e. The predicted octanol–water partition coefficient (Wildman–Crippen LogP) is 4.14. The Morgan fingerprint density at radius 2 is 1.83 bits per heavy atom. The molecule has 3 rings (SSSR count). The maximum absolute atomic E-state index is 10.7. The highest BCUT2D eigenvalue weighted by Gasteiger charge is 2.25. The lowest BCUT2D eigenvalue weighted by molar-refractivity contribution is 0.143. The van der Waals surface area contributed by atoms with Gasteiger partial charge in [0, 0.05) is 6.54 Å². The van der Waals surface area contributed by atoms with Crippen LogP contribution in [0, 0.1) is 11.8 Å². The summed E-state index contributed by atoms with van der Waals surface area (Å²) in [5, 5.41) is 2.42. The van der Waals surface area contributed by atoms with Crippen LogP contribution in [0.1, 0.15) is 32.1 Å². The van der Waals surface area contributed by atoms with Crippen LogP contribution in [0.4, 0.5) is 0 Å². The molecule has 5 heteroatoms. The molecule has 2 aromatic rings. The van der Waals surface area contributed by atoms with E-state index < -0.39 is 11.3 Å². The van der Waals surface area contributed by atoms with Crippen molar-refractivity contribution in [2.75, 3.05) is 13.2 Å². The molecule has 2 aromatic carbocycles. The lowest BCUT2D eigenvalue weighted by Crippen LogP contribution is -2.29. The van der Waals surface area contributed by atoms with Crippen molar-refractivity contribution in [2.24, 2.45) is 11.8 Å². The lowest BCUT2D eigenvalue weighted by atomic mass is 9.78. The number of rotatable bonds is 7. The molecule has 0 heterocycles. The molecule has 0 radical (unpaired) electrons. The minimum atomic E-state index is -1.91. The number of nitrogens with one attached hydrogen (secondary N) is 1. The van der Waals surface area contributed by atoms with Crippen molar-refractivity contribution >= 4 is 22.0 Å². The fourth-order valence-corrected chi connectivity index (χ4v) is 3.97. The van der Waals surface area contributed by atoms with Crippen LogP contribution in [-0.2, 0) is 11.3 Å². The van der Waals surface area contributed by atoms with E-state index in [9.17, 15) is 4.21 Å². The molecule has 3 atom stereocenters. The molecule has 1 aliphatic carbocycles. The highest BCUT2D eigenvalue weighted by Crippen LogP contribution is 2.33. The molecule has 1 saturated carbocycles. The molecule has 0 bridgehead atoms. The number of fused-ring (bicyclic) bond motifs is 1. The second-order valence-electron chi connectivity index (χ2n) is 6.56. The maximum Gasteiger partial charge on any atom is 0.231 e. The summed E-state index contributed by atoms with van der Waals surface area (Å²) in [4.78, 5) is 0. The first-order valence-electron chi connectivity index (χ1n) is 8.68. The Kier molecular flexibility index (Phi) is 6.24. The van der Waals surface area contributed by atoms with Gasteiger partial charge in [0.25, 0.3) is 0 Å². The third-order valence-corrected chi connectivity index (χ3v) is 5.44. The monoisotopic (exact) mass is 347 g/mol. The number of hydrogen-bond donors (Lipinski definition) is 2. The van der Waals surface area contributed by atoms with E-state index in [4.69, 9.17) is 9.29 Å². The van der Waals surface area contributed by atoms with E-state index in [-0.39, 0.29) is 0 Å². The second-order valence-corrected chi connectivity index (χ2v) is 7.34. The highest BCUT2D eigenvalue weighted by atomic mass is 32.2. The summed E-state index contributed by atoms with van der Waals surface area (Å²) in [5.74, 6) is 2.02. The molecular formula is C19H25NO3S. The molecule has 0 aromatic heterocycles. The fraction of sp³-hybridized carbons (Fsp3) is 0.474. The molecular weight excluding hydrogens is 322 g/mol. The number of benzene rings is 2. The topological polar surface area (TPSA) is 58.6 Å². The third kappa shape index (κ3) is 4.79. The lowest BCUT2D eigenvalue weighted by Gasteiger charge is -2.31. The van der Waals surface area contributed by atoms with E-state index in [2.05, 4.69) is 29.0 Å². The van der Waals surface area contributed by atoms with E-state index in [0.29, 0.717) is 18.4 Å². The summed E-state index contributed by atoms with van der Waals surface area (Å²) in [6.45, 7) is 1.31. The summed E-state index contributed by atoms with van der Waals surface area (Å²) in [7, 11) is 0. The number of ether oxygens (including phenoxy) is 1. The first kappa shape index (κ1) is 17.4. The molecule has 0 amide bonds. The summed E-state index contributed by atoms with van der Waals surface area (Å²) in [5.41, 5.74) is 0. The Morgan fingerprint density at radius 3 is 2.62 bits per heavy atom. The molecule has 0 spiro atoms. The van der Waals surface area contributed by atoms with Crippen LogP contribution in [0.25, 0.3) is 10.8 Å². The maximum atomic E-state index is 10.7. The Hall–Kier alpha value is -1.43. The van der Waals surface area contributed by atoms with Gasteiger partial charge >= 0.3 is 0 Å². The van der Waals surface area contributed by atoms with Crippen LogP contribution in [0.3, 0.4) is 0 Å². The van der Waals surface area contributed by atoms with Crippen LogP contribution in [-0.4, -0.2) is 21.9 Å². The van der Waals surface area contributed by atoms with Gasteiger partial charge in [-0.3, -0.25) is 4.55 Å². The average molecular weight is 347 g/mol. The van der Waals surface area contributed by atoms with Crippen LogP contribution < -0.4 is 9.46 Å². The first-order valence-corrected chi connectivity index (χ1v) is 9.79. The molecule has 2 N–H and O–H groups in total. The molecule has 24 heavy (non-hydrogen) atoms. The smallest absolute Gasteiger partial charge is 0.231 e. The molecule has 3 unspecified atom stereocenters. The zero-order valence-electron chi connectivity index (χ0n) is 13.8. The molecule has 0 saturated heterocycles. The Balaban J connectivity index is 1.57. The highest BCUT2D eigenvalue weighted by molar-refractivity contribution is 7.77. The quantitative estimate of drug-likeness (QED) is 0.740. The van der Waals surface area contributed by atoms with Gasteiger partial charge in [0.15, 0.2) is 0 Å². The van der Waals surface area contributed by atoms with Gasteiger partial charge in [0.1, 0.15) is 5.75 Å². The van der Waals surface area contributed by atoms with Crippen molar-refractivity contribution in [1.82, 2.24) is 4.72 Å². The van der Waals surface area contributed by atoms with Gasteiger partial charge < -0.3 is 4.74 Å². The van der Waals surface area contributed by atoms with Crippen LogP contribution in [0.15, 0.2) is 42.5 Å². The predicted molar refractivity (Wildman–Crippen MR) is 98.3 cm³/mol. The van der Waals surface area contributed by atoms with Crippen LogP contribution >= 0.6 is 0 Å². The molecule has 4 nitrogen and oxygen atoms in total. The summed E-state index contributed by atoms with van der Waals surface area (Å²) in [6.07, 6.45) is 5.80. The first-order chi connectivity index (χ1) is 11.7. The largest absolute Gasteiger partial charge is 0.493 e. The van der Waals surface area contributed by atoms with Crippen LogP contribution in [0.5, 0.6) is 5.75 Å². The van der Waals surface area contributed by atoms with Crippen molar-refractivity contribution in [3.8, 4) is 5.75 Å². The van der Waals surface area contributed by atoms with E-state index in [1.807, 2.05) is 18.2 Å². The zero-order chi connectivity index (χ0) is 16.8. The summed E-state index contributed by atoms with van der Waals surface area (Å²) < 4.78 is 28.2. The van der Waals surface area contributed by atoms with Crippen molar-refractivity contribution < 1.29 is 13.5 Å². The van der Waals surface area contributed by atoms with Gasteiger partial charge in [-0.05, 0) is 47.6 Å². The standard InChI is InChI=1S/C19H25NO3S/c21-24(22)20-12-11-16-6-2-4-8-18(16)14-23-19-10-9-15-5-1-3-7-17(15)13-19/h1,3,5,7,9-10,13,16,18,20H,2,4,6,8,11-12,14H2,(H,21,22). The van der Waals surface area contributed by atoms with E-state index in [1.165, 1.54) is 36.5 Å². The van der Waals surface area contributed by atoms with E-state index in [0.717, 1.165) is 18.8 Å². The molecule has 1 fully saturated rings. The fourth-order valence-electron chi connectivity index (χ4n) is 3.68. The normalized spacial score (nSPS) is 22.4. The Morgan fingerprint density at radius 1 is 1.08 bits per heavy atom. The minimum absolute atomic E-state index is 0.527. The molecule has 1 aliphatic rings. The van der Waals surface area contributed by atoms with Gasteiger partial charge in [-0.1, -0.05) is 49.6 Å². The van der Waals surface area contributed by atoms with Gasteiger partial charge in [-0.15, -0.1) is 0 Å². The summed E-state index contributed by atoms with van der Waals surface area (Å²) >= 11 is -1.91. The average Bonchev–Trinajstić information content (AvgIpc) is 2.60. The summed E-state index contributed by atoms with van der Waals surface area (Å²) in [6, 6.07) is 14.5. The van der Waals surface area contributed by atoms with Gasteiger partial charge in [-0.25, -0.2) is 8.93 Å². The zero-order valence-corrected chi connectivity index (χ0v) is 14.6. The van der Waals surface area contributed by atoms with E-state index in [1.54, 1.807) is 0 Å². The molecule has 130 valence electrons. The second kappa shape index (κ2) is 8.60. The van der Waals surface area contributed by atoms with E-state index >= 15 is 0 Å². The Bertz CT molecular complexity index is 691. The van der Waals surface area contributed by atoms with Crippen molar-refractivity contribution in [3.63, 3.8) is 0 Å². The molecule has 0 aliphatic heterocycles. The van der Waals surface area contributed by atoms with Crippen LogP contribution in [0.2, 0.25) is 0 Å². The van der Waals surface area contributed by atoms with Crippen molar-refractivity contribution in [3.05, 3.63) is 42.5 Å². The van der Waals surface area contributed by atoms with Gasteiger partial charge in [-0.2, -0.15) is 0 Å². The van der Waals surface area contributed by atoms with Gasteiger partial charge in [0.2, 0.25) is 11.3 Å². The van der Waals surface area contributed by atoms with Gasteiger partial charge in [0.05, 0.1) is 6.61 Å². The third-order valence-electron chi connectivity index (χ3n) is 4.99. The van der Waals surface area contributed by atoms with Crippen molar-refractivity contribution in [1.29, 1.82) is 0 Å². The van der Waals surface area contributed by atoms with Crippen molar-refractivity contribution in [2.45, 2.75) is 32.1 Å².